The molecule has 3 aromatic heterocycles. The molecule has 0 spiro atoms. The second-order valence-electron chi connectivity index (χ2n) is 4.58. The molecule has 3 heterocycles. The lowest BCUT2D eigenvalue weighted by Crippen LogP contribution is -2.02. The van der Waals surface area contributed by atoms with Gasteiger partial charge in [0.05, 0.1) is 28.7 Å². The van der Waals surface area contributed by atoms with Gasteiger partial charge in [0, 0.05) is 18.1 Å². The Hall–Kier alpha value is -2.28. The summed E-state index contributed by atoms with van der Waals surface area (Å²) >= 11 is 1.42. The molecule has 6 nitrogen and oxygen atoms in total. The standard InChI is InChI=1S/C14H13N3O3S/c1-8-11-12(21-7-9-4-3-5-20-9)10(14(18)19)6-15-13(11)17(2)16-8/h3-6H,7H2,1-2H3,(H,18,19). The highest BCUT2D eigenvalue weighted by Crippen LogP contribution is 2.34. The molecule has 3 aromatic rings. The average Bonchev–Trinajstić information content (AvgIpc) is 3.05. The lowest BCUT2D eigenvalue weighted by Gasteiger charge is -2.07. The van der Waals surface area contributed by atoms with Gasteiger partial charge in [0.2, 0.25) is 0 Å². The van der Waals surface area contributed by atoms with E-state index in [1.54, 1.807) is 18.0 Å². The van der Waals surface area contributed by atoms with Crippen molar-refractivity contribution in [2.24, 2.45) is 7.05 Å². The number of carboxylic acid groups (broad SMARTS) is 1. The van der Waals surface area contributed by atoms with Crippen LogP contribution in [0.2, 0.25) is 0 Å². The molecule has 108 valence electrons. The summed E-state index contributed by atoms with van der Waals surface area (Å²) in [6.45, 7) is 1.85. The van der Waals surface area contributed by atoms with Crippen LogP contribution in [-0.2, 0) is 12.8 Å². The van der Waals surface area contributed by atoms with Crippen LogP contribution in [0.25, 0.3) is 11.0 Å². The van der Waals surface area contributed by atoms with Gasteiger partial charge in [0.1, 0.15) is 5.76 Å². The van der Waals surface area contributed by atoms with Gasteiger partial charge in [-0.2, -0.15) is 5.10 Å². The SMILES string of the molecule is Cc1nn(C)c2ncc(C(=O)O)c(SCc3ccco3)c12. The van der Waals surface area contributed by atoms with E-state index in [1.165, 1.54) is 18.0 Å². The van der Waals surface area contributed by atoms with Crippen molar-refractivity contribution in [3.8, 4) is 0 Å². The second-order valence-corrected chi connectivity index (χ2v) is 5.57. The summed E-state index contributed by atoms with van der Waals surface area (Å²) in [7, 11) is 1.80. The summed E-state index contributed by atoms with van der Waals surface area (Å²) in [6, 6.07) is 3.67. The Morgan fingerprint density at radius 2 is 2.33 bits per heavy atom. The average molecular weight is 303 g/mol. The summed E-state index contributed by atoms with van der Waals surface area (Å²) in [5.41, 5.74) is 1.64. The van der Waals surface area contributed by atoms with Gasteiger partial charge in [0.25, 0.3) is 0 Å². The minimum atomic E-state index is -0.991. The number of carboxylic acids is 1. The minimum Gasteiger partial charge on any atom is -0.478 e. The molecule has 1 N–H and O–H groups in total. The van der Waals surface area contributed by atoms with Crippen molar-refractivity contribution in [1.29, 1.82) is 0 Å². The number of furan rings is 1. The zero-order valence-electron chi connectivity index (χ0n) is 11.5. The second kappa shape index (κ2) is 5.25. The number of hydrogen-bond acceptors (Lipinski definition) is 5. The van der Waals surface area contributed by atoms with Crippen molar-refractivity contribution in [1.82, 2.24) is 14.8 Å². The number of hydrogen-bond donors (Lipinski definition) is 1. The maximum Gasteiger partial charge on any atom is 0.338 e. The van der Waals surface area contributed by atoms with Crippen LogP contribution in [0.1, 0.15) is 21.8 Å². The van der Waals surface area contributed by atoms with Crippen LogP contribution in [0.5, 0.6) is 0 Å². The fourth-order valence-electron chi connectivity index (χ4n) is 2.22. The van der Waals surface area contributed by atoms with E-state index in [9.17, 15) is 9.90 Å². The van der Waals surface area contributed by atoms with Crippen LogP contribution in [0.3, 0.4) is 0 Å². The van der Waals surface area contributed by atoms with E-state index in [1.807, 2.05) is 19.1 Å². The first-order valence-electron chi connectivity index (χ1n) is 6.28. The van der Waals surface area contributed by atoms with Gasteiger partial charge in [-0.3, -0.25) is 4.68 Å². The number of thioether (sulfide) groups is 1. The van der Waals surface area contributed by atoms with Crippen molar-refractivity contribution in [2.45, 2.75) is 17.6 Å². The molecule has 3 rings (SSSR count). The summed E-state index contributed by atoms with van der Waals surface area (Å²) in [5.74, 6) is 0.359. The Morgan fingerprint density at radius 3 is 3.00 bits per heavy atom. The van der Waals surface area contributed by atoms with Crippen LogP contribution >= 0.6 is 11.8 Å². The van der Waals surface area contributed by atoms with E-state index in [2.05, 4.69) is 10.1 Å². The van der Waals surface area contributed by atoms with Gasteiger partial charge < -0.3 is 9.52 Å². The van der Waals surface area contributed by atoms with Gasteiger partial charge in [-0.05, 0) is 19.1 Å². The van der Waals surface area contributed by atoms with E-state index in [4.69, 9.17) is 4.42 Å². The number of nitrogens with zero attached hydrogens (tertiary/aromatic N) is 3. The van der Waals surface area contributed by atoms with Crippen LogP contribution in [-0.4, -0.2) is 25.8 Å². The number of pyridine rings is 1. The van der Waals surface area contributed by atoms with Gasteiger partial charge in [-0.1, -0.05) is 0 Å². The molecule has 0 saturated heterocycles. The molecule has 0 saturated carbocycles. The number of rotatable bonds is 4. The fraction of sp³-hybridized carbons (Fsp3) is 0.214. The molecule has 0 fully saturated rings. The number of fused-ring (bicyclic) bond motifs is 1. The molecule has 0 bridgehead atoms. The molecule has 0 aliphatic rings. The van der Waals surface area contributed by atoms with Gasteiger partial charge in [-0.15, -0.1) is 11.8 Å². The number of carbonyl (C=O) groups is 1. The van der Waals surface area contributed by atoms with Crippen molar-refractivity contribution in [2.75, 3.05) is 0 Å². The molecular formula is C14H13N3O3S. The molecule has 0 radical (unpaired) electrons. The van der Waals surface area contributed by atoms with E-state index in [0.717, 1.165) is 16.8 Å². The topological polar surface area (TPSA) is 81.2 Å². The van der Waals surface area contributed by atoms with E-state index in [-0.39, 0.29) is 5.56 Å². The zero-order valence-corrected chi connectivity index (χ0v) is 12.3. The normalized spacial score (nSPS) is 11.1. The summed E-state index contributed by atoms with van der Waals surface area (Å²) in [6.07, 6.45) is 2.99. The summed E-state index contributed by atoms with van der Waals surface area (Å²) in [5, 5.41) is 14.5. The molecule has 21 heavy (non-hydrogen) atoms. The molecule has 0 unspecified atom stereocenters. The molecule has 0 atom stereocenters. The highest BCUT2D eigenvalue weighted by atomic mass is 32.2. The predicted octanol–water partition coefficient (Wildman–Crippen LogP) is 2.86. The van der Waals surface area contributed by atoms with Crippen LogP contribution < -0.4 is 0 Å². The lowest BCUT2D eigenvalue weighted by atomic mass is 10.2. The third-order valence-corrected chi connectivity index (χ3v) is 4.29. The highest BCUT2D eigenvalue weighted by Gasteiger charge is 2.19. The monoisotopic (exact) mass is 303 g/mol. The summed E-state index contributed by atoms with van der Waals surface area (Å²) < 4.78 is 6.96. The Kier molecular flexibility index (Phi) is 3.42. The van der Waals surface area contributed by atoms with E-state index >= 15 is 0 Å². The highest BCUT2D eigenvalue weighted by molar-refractivity contribution is 7.98. The Bertz CT molecular complexity index is 809. The van der Waals surface area contributed by atoms with Crippen LogP contribution in [0.15, 0.2) is 33.9 Å². The smallest absolute Gasteiger partial charge is 0.338 e. The lowest BCUT2D eigenvalue weighted by molar-refractivity contribution is 0.0693. The maximum atomic E-state index is 11.4. The van der Waals surface area contributed by atoms with Crippen LogP contribution in [0, 0.1) is 6.92 Å². The Balaban J connectivity index is 2.12. The van der Waals surface area contributed by atoms with Crippen molar-refractivity contribution in [3.63, 3.8) is 0 Å². The quantitative estimate of drug-likeness (QED) is 0.746. The molecular weight excluding hydrogens is 290 g/mol. The molecule has 0 aliphatic carbocycles. The third kappa shape index (κ3) is 2.40. The third-order valence-electron chi connectivity index (χ3n) is 3.15. The predicted molar refractivity (Wildman–Crippen MR) is 78.5 cm³/mol. The van der Waals surface area contributed by atoms with Crippen molar-refractivity contribution >= 4 is 28.8 Å². The maximum absolute atomic E-state index is 11.4. The Labute approximate surface area is 124 Å². The number of aryl methyl sites for hydroxylation is 2. The number of aromatic carboxylic acids is 1. The first-order valence-corrected chi connectivity index (χ1v) is 7.27. The molecule has 7 heteroatoms. The minimum absolute atomic E-state index is 0.190. The first kappa shape index (κ1) is 13.7. The van der Waals surface area contributed by atoms with E-state index < -0.39 is 5.97 Å². The Morgan fingerprint density at radius 1 is 1.52 bits per heavy atom. The van der Waals surface area contributed by atoms with E-state index in [0.29, 0.717) is 16.3 Å². The van der Waals surface area contributed by atoms with Crippen LogP contribution in [0.4, 0.5) is 0 Å². The summed E-state index contributed by atoms with van der Waals surface area (Å²) in [4.78, 5) is 16.3. The van der Waals surface area contributed by atoms with Crippen molar-refractivity contribution in [3.05, 3.63) is 41.6 Å². The van der Waals surface area contributed by atoms with Crippen molar-refractivity contribution < 1.29 is 14.3 Å². The zero-order chi connectivity index (χ0) is 15.0. The molecule has 0 aliphatic heterocycles. The first-order chi connectivity index (χ1) is 10.1. The molecule has 0 amide bonds. The molecule has 0 aromatic carbocycles. The largest absolute Gasteiger partial charge is 0.478 e. The van der Waals surface area contributed by atoms with Gasteiger partial charge in [0.15, 0.2) is 5.65 Å². The fourth-order valence-corrected chi connectivity index (χ4v) is 3.35. The van der Waals surface area contributed by atoms with Gasteiger partial charge in [-0.25, -0.2) is 9.78 Å². The number of aromatic nitrogens is 3. The van der Waals surface area contributed by atoms with Gasteiger partial charge >= 0.3 is 5.97 Å².